The van der Waals surface area contributed by atoms with Crippen LogP contribution in [0.1, 0.15) is 36.5 Å². The monoisotopic (exact) mass is 231 g/mol. The Morgan fingerprint density at radius 3 is 2.47 bits per heavy atom. The minimum atomic E-state index is 0.107. The fourth-order valence-electron chi connectivity index (χ4n) is 2.50. The third-order valence-corrected chi connectivity index (χ3v) is 3.49. The van der Waals surface area contributed by atoms with Crippen molar-refractivity contribution in [1.29, 1.82) is 0 Å². The van der Waals surface area contributed by atoms with Crippen molar-refractivity contribution in [2.45, 2.75) is 26.2 Å². The zero-order valence-electron chi connectivity index (χ0n) is 10.6. The number of hydrogen-bond donors (Lipinski definition) is 0. The summed E-state index contributed by atoms with van der Waals surface area (Å²) in [5.74, 6) is 0.381. The molecule has 0 spiro atoms. The molecule has 1 atom stereocenters. The quantitative estimate of drug-likeness (QED) is 0.742. The zero-order chi connectivity index (χ0) is 12.1. The maximum Gasteiger partial charge on any atom is 0.166 e. The van der Waals surface area contributed by atoms with E-state index >= 15 is 0 Å². The van der Waals surface area contributed by atoms with Gasteiger partial charge < -0.3 is 4.90 Å². The van der Waals surface area contributed by atoms with Crippen molar-refractivity contribution in [2.24, 2.45) is 5.92 Å². The largest absolute Gasteiger partial charge is 0.303 e. The van der Waals surface area contributed by atoms with E-state index in [-0.39, 0.29) is 11.7 Å². The minimum Gasteiger partial charge on any atom is -0.303 e. The molecule has 1 aromatic carbocycles. The van der Waals surface area contributed by atoms with Gasteiger partial charge in [0.15, 0.2) is 5.78 Å². The summed E-state index contributed by atoms with van der Waals surface area (Å²) < 4.78 is 0. The van der Waals surface area contributed by atoms with Gasteiger partial charge in [0.1, 0.15) is 0 Å². The summed E-state index contributed by atoms with van der Waals surface area (Å²) in [5.41, 5.74) is 0.844. The van der Waals surface area contributed by atoms with E-state index < -0.39 is 0 Å². The lowest BCUT2D eigenvalue weighted by atomic mass is 9.98. The third-order valence-electron chi connectivity index (χ3n) is 3.49. The normalized spacial score (nSPS) is 18.9. The van der Waals surface area contributed by atoms with Crippen LogP contribution < -0.4 is 0 Å². The molecule has 17 heavy (non-hydrogen) atoms. The van der Waals surface area contributed by atoms with Crippen LogP contribution in [0.15, 0.2) is 30.3 Å². The molecule has 1 fully saturated rings. The summed E-state index contributed by atoms with van der Waals surface area (Å²) in [6.45, 7) is 5.27. The second-order valence-corrected chi connectivity index (χ2v) is 4.99. The van der Waals surface area contributed by atoms with Crippen LogP contribution in [0.25, 0.3) is 0 Å². The minimum absolute atomic E-state index is 0.107. The fraction of sp³-hybridized carbons (Fsp3) is 0.533. The third kappa shape index (κ3) is 3.40. The molecule has 0 N–H and O–H groups in total. The first kappa shape index (κ1) is 12.3. The van der Waals surface area contributed by atoms with Crippen molar-refractivity contribution < 1.29 is 4.79 Å². The number of piperidine rings is 1. The van der Waals surface area contributed by atoms with Crippen LogP contribution in [0.5, 0.6) is 0 Å². The lowest BCUT2D eigenvalue weighted by Crippen LogP contribution is -2.35. The van der Waals surface area contributed by atoms with Gasteiger partial charge in [0.25, 0.3) is 0 Å². The van der Waals surface area contributed by atoms with Crippen LogP contribution in [0.4, 0.5) is 0 Å². The predicted molar refractivity (Wildman–Crippen MR) is 70.2 cm³/mol. The summed E-state index contributed by atoms with van der Waals surface area (Å²) in [5, 5.41) is 0. The Kier molecular flexibility index (Phi) is 4.32. The number of ketones is 1. The summed E-state index contributed by atoms with van der Waals surface area (Å²) in [7, 11) is 0. The first-order valence-corrected chi connectivity index (χ1v) is 6.59. The molecule has 1 saturated heterocycles. The number of nitrogens with zero attached hydrogens (tertiary/aromatic N) is 1. The molecular formula is C15H21NO. The zero-order valence-corrected chi connectivity index (χ0v) is 10.6. The summed E-state index contributed by atoms with van der Waals surface area (Å²) in [4.78, 5) is 14.6. The highest BCUT2D eigenvalue weighted by Gasteiger charge is 2.19. The van der Waals surface area contributed by atoms with Gasteiger partial charge in [-0.2, -0.15) is 0 Å². The van der Waals surface area contributed by atoms with Crippen molar-refractivity contribution >= 4 is 5.78 Å². The summed E-state index contributed by atoms with van der Waals surface area (Å²) in [6.07, 6.45) is 3.91. The van der Waals surface area contributed by atoms with E-state index in [2.05, 4.69) is 4.90 Å². The Balaban J connectivity index is 1.91. The summed E-state index contributed by atoms with van der Waals surface area (Å²) >= 11 is 0. The first-order valence-electron chi connectivity index (χ1n) is 6.59. The van der Waals surface area contributed by atoms with Gasteiger partial charge in [-0.3, -0.25) is 4.79 Å². The van der Waals surface area contributed by atoms with Gasteiger partial charge in [0, 0.05) is 18.0 Å². The molecule has 1 unspecified atom stereocenters. The van der Waals surface area contributed by atoms with Gasteiger partial charge >= 0.3 is 0 Å². The van der Waals surface area contributed by atoms with E-state index in [4.69, 9.17) is 0 Å². The fourth-order valence-corrected chi connectivity index (χ4v) is 2.50. The molecule has 2 heteroatoms. The SMILES string of the molecule is CC(CN1CCCCC1)C(=O)c1ccccc1. The van der Waals surface area contributed by atoms with Crippen molar-refractivity contribution in [1.82, 2.24) is 4.90 Å². The Hall–Kier alpha value is -1.15. The number of carbonyl (C=O) groups excluding carboxylic acids is 1. The van der Waals surface area contributed by atoms with E-state index in [0.717, 1.165) is 25.2 Å². The number of rotatable bonds is 4. The van der Waals surface area contributed by atoms with Crippen LogP contribution in [0.3, 0.4) is 0 Å². The molecule has 0 aromatic heterocycles. The van der Waals surface area contributed by atoms with Gasteiger partial charge in [-0.25, -0.2) is 0 Å². The summed E-state index contributed by atoms with van der Waals surface area (Å²) in [6, 6.07) is 9.64. The molecule has 92 valence electrons. The van der Waals surface area contributed by atoms with Gasteiger partial charge in [0.2, 0.25) is 0 Å². The predicted octanol–water partition coefficient (Wildman–Crippen LogP) is 2.99. The maximum absolute atomic E-state index is 12.2. The van der Waals surface area contributed by atoms with Crippen LogP contribution in [0.2, 0.25) is 0 Å². The number of benzene rings is 1. The van der Waals surface area contributed by atoms with Crippen LogP contribution in [-0.4, -0.2) is 30.3 Å². The molecule has 2 nitrogen and oxygen atoms in total. The molecule has 0 bridgehead atoms. The van der Waals surface area contributed by atoms with E-state index in [0.29, 0.717) is 0 Å². The average Bonchev–Trinajstić information content (AvgIpc) is 2.40. The van der Waals surface area contributed by atoms with E-state index in [9.17, 15) is 4.79 Å². The standard InChI is InChI=1S/C15H21NO/c1-13(12-16-10-6-3-7-11-16)15(17)14-8-4-2-5-9-14/h2,4-5,8-9,13H,3,6-7,10-12H2,1H3. The molecule has 0 radical (unpaired) electrons. The van der Waals surface area contributed by atoms with Gasteiger partial charge in [-0.05, 0) is 25.9 Å². The highest BCUT2D eigenvalue weighted by Crippen LogP contribution is 2.14. The van der Waals surface area contributed by atoms with Crippen molar-refractivity contribution in [3.63, 3.8) is 0 Å². The topological polar surface area (TPSA) is 20.3 Å². The Labute approximate surface area is 104 Å². The van der Waals surface area contributed by atoms with E-state index in [1.807, 2.05) is 37.3 Å². The lowest BCUT2D eigenvalue weighted by molar-refractivity contribution is 0.0883. The van der Waals surface area contributed by atoms with Crippen molar-refractivity contribution in [2.75, 3.05) is 19.6 Å². The Bertz CT molecular complexity index is 354. The van der Waals surface area contributed by atoms with E-state index in [1.54, 1.807) is 0 Å². The van der Waals surface area contributed by atoms with Gasteiger partial charge in [-0.1, -0.05) is 43.7 Å². The van der Waals surface area contributed by atoms with Crippen LogP contribution in [0, 0.1) is 5.92 Å². The number of carbonyl (C=O) groups is 1. The van der Waals surface area contributed by atoms with Crippen LogP contribution in [-0.2, 0) is 0 Å². The molecule has 0 amide bonds. The second kappa shape index (κ2) is 5.97. The Morgan fingerprint density at radius 1 is 1.18 bits per heavy atom. The average molecular weight is 231 g/mol. The second-order valence-electron chi connectivity index (χ2n) is 4.99. The molecular weight excluding hydrogens is 210 g/mol. The molecule has 0 aliphatic carbocycles. The molecule has 2 rings (SSSR count). The number of likely N-dealkylation sites (tertiary alicyclic amines) is 1. The van der Waals surface area contributed by atoms with Crippen LogP contribution >= 0.6 is 0 Å². The van der Waals surface area contributed by atoms with Crippen molar-refractivity contribution in [3.05, 3.63) is 35.9 Å². The highest BCUT2D eigenvalue weighted by molar-refractivity contribution is 5.97. The number of hydrogen-bond acceptors (Lipinski definition) is 2. The molecule has 1 aliphatic rings. The Morgan fingerprint density at radius 2 is 1.82 bits per heavy atom. The molecule has 1 aromatic rings. The van der Waals surface area contributed by atoms with Gasteiger partial charge in [0.05, 0.1) is 0 Å². The smallest absolute Gasteiger partial charge is 0.166 e. The maximum atomic E-state index is 12.2. The van der Waals surface area contributed by atoms with E-state index in [1.165, 1.54) is 19.3 Å². The van der Waals surface area contributed by atoms with Gasteiger partial charge in [-0.15, -0.1) is 0 Å². The first-order chi connectivity index (χ1) is 8.27. The highest BCUT2D eigenvalue weighted by atomic mass is 16.1. The molecule has 1 aliphatic heterocycles. The number of Topliss-reactive ketones (excluding diaryl/α,β-unsaturated/α-hetero) is 1. The molecule has 0 saturated carbocycles. The lowest BCUT2D eigenvalue weighted by Gasteiger charge is -2.28. The van der Waals surface area contributed by atoms with Crippen molar-refractivity contribution in [3.8, 4) is 0 Å². The molecule has 1 heterocycles.